The quantitative estimate of drug-likeness (QED) is 0.528. The lowest BCUT2D eigenvalue weighted by molar-refractivity contribution is 0.0945. The third-order valence-corrected chi connectivity index (χ3v) is 6.00. The van der Waals surface area contributed by atoms with Gasteiger partial charge in [-0.15, -0.1) is 11.3 Å². The van der Waals surface area contributed by atoms with Crippen LogP contribution in [0.1, 0.15) is 44.7 Å². The number of benzene rings is 1. The average Bonchev–Trinajstić information content (AvgIpc) is 3.47. The molecule has 30 heavy (non-hydrogen) atoms. The van der Waals surface area contributed by atoms with E-state index in [4.69, 9.17) is 4.74 Å². The zero-order valence-corrected chi connectivity index (χ0v) is 17.3. The summed E-state index contributed by atoms with van der Waals surface area (Å²) in [4.78, 5) is 29.3. The summed E-state index contributed by atoms with van der Waals surface area (Å²) < 4.78 is 19.6. The first kappa shape index (κ1) is 20.2. The van der Waals surface area contributed by atoms with Gasteiger partial charge in [-0.25, -0.2) is 9.37 Å². The number of hydrogen-bond donors (Lipinski definition) is 1. The monoisotopic (exact) mass is 424 g/mol. The lowest BCUT2D eigenvalue weighted by Gasteiger charge is -2.12. The van der Waals surface area contributed by atoms with Crippen LogP contribution in [0.15, 0.2) is 41.9 Å². The van der Waals surface area contributed by atoms with Gasteiger partial charge >= 0.3 is 0 Å². The molecule has 3 aromatic rings. The van der Waals surface area contributed by atoms with Crippen LogP contribution >= 0.6 is 11.3 Å². The Labute approximate surface area is 177 Å². The van der Waals surface area contributed by atoms with E-state index in [-0.39, 0.29) is 24.1 Å². The maximum absolute atomic E-state index is 13.8. The third-order valence-electron chi connectivity index (χ3n) is 5.02. The largest absolute Gasteiger partial charge is 0.477 e. The molecule has 0 bridgehead atoms. The number of nitrogens with zero attached hydrogens (tertiary/aromatic N) is 1. The fraction of sp³-hybridized carbons (Fsp3) is 0.261. The van der Waals surface area contributed by atoms with Crippen LogP contribution in [0.2, 0.25) is 0 Å². The van der Waals surface area contributed by atoms with Crippen LogP contribution in [0.4, 0.5) is 4.39 Å². The highest BCUT2D eigenvalue weighted by atomic mass is 32.1. The molecule has 2 heterocycles. The van der Waals surface area contributed by atoms with Crippen LogP contribution in [0.3, 0.4) is 0 Å². The Morgan fingerprint density at radius 2 is 2.17 bits per heavy atom. The molecule has 2 aromatic heterocycles. The van der Waals surface area contributed by atoms with E-state index in [0.29, 0.717) is 40.3 Å². The standard InChI is InChI=1S/C23H21FN2O3S/c1-14-2-3-16(8-20(14)24)10-25-22(28)19-9-18(21-17(12-27)6-7-30-21)11-26-23(19)29-13-15-4-5-15/h2-3,6-9,11-12,15H,4-5,10,13H2,1H3,(H,25,28). The number of amides is 1. The number of halogens is 1. The van der Waals surface area contributed by atoms with Crippen molar-refractivity contribution >= 4 is 23.5 Å². The molecule has 1 amide bonds. The molecule has 0 atom stereocenters. The molecule has 1 aromatic carbocycles. The SMILES string of the molecule is Cc1ccc(CNC(=O)c2cc(-c3sccc3C=O)cnc2OCC2CC2)cc1F. The van der Waals surface area contributed by atoms with E-state index in [2.05, 4.69) is 10.3 Å². The first-order valence-electron chi connectivity index (χ1n) is 9.74. The summed E-state index contributed by atoms with van der Waals surface area (Å²) in [5, 5.41) is 4.64. The summed E-state index contributed by atoms with van der Waals surface area (Å²) in [6.45, 7) is 2.39. The van der Waals surface area contributed by atoms with Crippen molar-refractivity contribution < 1.29 is 18.7 Å². The average molecular weight is 424 g/mol. The highest BCUT2D eigenvalue weighted by molar-refractivity contribution is 7.14. The Morgan fingerprint density at radius 3 is 2.90 bits per heavy atom. The molecule has 0 spiro atoms. The van der Waals surface area contributed by atoms with Gasteiger partial charge < -0.3 is 10.1 Å². The molecule has 0 radical (unpaired) electrons. The van der Waals surface area contributed by atoms with Gasteiger partial charge in [0.2, 0.25) is 5.88 Å². The van der Waals surface area contributed by atoms with Crippen LogP contribution in [0, 0.1) is 18.7 Å². The first-order valence-corrected chi connectivity index (χ1v) is 10.6. The molecule has 154 valence electrons. The van der Waals surface area contributed by atoms with Gasteiger partial charge in [0.1, 0.15) is 11.4 Å². The number of thiophene rings is 1. The molecule has 7 heteroatoms. The molecule has 0 unspecified atom stereocenters. The van der Waals surface area contributed by atoms with Gasteiger partial charge in [0, 0.05) is 28.7 Å². The molecule has 0 saturated heterocycles. The van der Waals surface area contributed by atoms with Gasteiger partial charge in [-0.2, -0.15) is 0 Å². The normalized spacial score (nSPS) is 13.1. The minimum atomic E-state index is -0.361. The van der Waals surface area contributed by atoms with Gasteiger partial charge in [-0.1, -0.05) is 12.1 Å². The molecule has 5 nitrogen and oxygen atoms in total. The molecule has 4 rings (SSSR count). The maximum atomic E-state index is 13.8. The number of aromatic nitrogens is 1. The zero-order chi connectivity index (χ0) is 21.1. The Kier molecular flexibility index (Phi) is 5.90. The summed E-state index contributed by atoms with van der Waals surface area (Å²) in [7, 11) is 0. The second-order valence-corrected chi connectivity index (χ2v) is 8.34. The summed E-state index contributed by atoms with van der Waals surface area (Å²) in [6, 6.07) is 8.30. The lowest BCUT2D eigenvalue weighted by Crippen LogP contribution is -2.24. The number of aryl methyl sites for hydroxylation is 1. The predicted molar refractivity (Wildman–Crippen MR) is 113 cm³/mol. The van der Waals surface area contributed by atoms with Crippen LogP contribution in [0.5, 0.6) is 5.88 Å². The van der Waals surface area contributed by atoms with Crippen molar-refractivity contribution in [2.24, 2.45) is 5.92 Å². The summed E-state index contributed by atoms with van der Waals surface area (Å²) in [6.07, 6.45) is 4.65. The number of carbonyl (C=O) groups is 2. The summed E-state index contributed by atoms with van der Waals surface area (Å²) >= 11 is 1.41. The van der Waals surface area contributed by atoms with Gasteiger partial charge in [-0.05, 0) is 60.4 Å². The molecule has 1 saturated carbocycles. The highest BCUT2D eigenvalue weighted by Gasteiger charge is 2.24. The van der Waals surface area contributed by atoms with E-state index in [0.717, 1.165) is 24.0 Å². The number of aldehydes is 1. The van der Waals surface area contributed by atoms with Crippen molar-refractivity contribution in [1.29, 1.82) is 0 Å². The molecule has 0 aliphatic heterocycles. The zero-order valence-electron chi connectivity index (χ0n) is 16.5. The molecular weight excluding hydrogens is 403 g/mol. The van der Waals surface area contributed by atoms with Crippen molar-refractivity contribution in [2.45, 2.75) is 26.3 Å². The minimum absolute atomic E-state index is 0.181. The Hall–Kier alpha value is -3.06. The van der Waals surface area contributed by atoms with Gasteiger partial charge in [0.15, 0.2) is 6.29 Å². The Balaban J connectivity index is 1.58. The fourth-order valence-electron chi connectivity index (χ4n) is 3.01. The number of carbonyl (C=O) groups excluding carboxylic acids is 2. The summed E-state index contributed by atoms with van der Waals surface area (Å²) in [5.74, 6) is 0.109. The minimum Gasteiger partial charge on any atom is -0.477 e. The molecule has 1 aliphatic rings. The number of ether oxygens (including phenoxy) is 1. The van der Waals surface area contributed by atoms with Crippen molar-refractivity contribution in [3.8, 4) is 16.3 Å². The lowest BCUT2D eigenvalue weighted by atomic mass is 10.1. The van der Waals surface area contributed by atoms with Crippen molar-refractivity contribution in [1.82, 2.24) is 10.3 Å². The van der Waals surface area contributed by atoms with Crippen molar-refractivity contribution in [3.05, 3.63) is 70.0 Å². The Morgan fingerprint density at radius 1 is 1.33 bits per heavy atom. The second-order valence-electron chi connectivity index (χ2n) is 7.42. The molecule has 1 N–H and O–H groups in total. The Bertz CT molecular complexity index is 1090. The number of nitrogens with one attached hydrogen (secondary N) is 1. The first-order chi connectivity index (χ1) is 14.5. The predicted octanol–water partition coefficient (Wildman–Crippen LogP) is 4.79. The van der Waals surface area contributed by atoms with Gasteiger partial charge in [0.25, 0.3) is 5.91 Å². The van der Waals surface area contributed by atoms with E-state index in [1.54, 1.807) is 37.4 Å². The molecular formula is C23H21FN2O3S. The van der Waals surface area contributed by atoms with Crippen LogP contribution in [-0.2, 0) is 6.54 Å². The van der Waals surface area contributed by atoms with Crippen LogP contribution in [0.25, 0.3) is 10.4 Å². The van der Waals surface area contributed by atoms with E-state index < -0.39 is 0 Å². The van der Waals surface area contributed by atoms with E-state index in [1.165, 1.54) is 17.4 Å². The smallest absolute Gasteiger partial charge is 0.257 e. The van der Waals surface area contributed by atoms with Crippen LogP contribution in [-0.4, -0.2) is 23.8 Å². The van der Waals surface area contributed by atoms with Gasteiger partial charge in [-0.3, -0.25) is 9.59 Å². The van der Waals surface area contributed by atoms with Crippen LogP contribution < -0.4 is 10.1 Å². The van der Waals surface area contributed by atoms with Crippen molar-refractivity contribution in [3.63, 3.8) is 0 Å². The van der Waals surface area contributed by atoms with E-state index in [1.807, 2.05) is 5.38 Å². The second kappa shape index (κ2) is 8.75. The highest BCUT2D eigenvalue weighted by Crippen LogP contribution is 2.33. The topological polar surface area (TPSA) is 68.3 Å². The number of rotatable bonds is 8. The number of pyridine rings is 1. The number of hydrogen-bond acceptors (Lipinski definition) is 5. The van der Waals surface area contributed by atoms with Gasteiger partial charge in [0.05, 0.1) is 6.61 Å². The fourth-order valence-corrected chi connectivity index (χ4v) is 3.86. The summed E-state index contributed by atoms with van der Waals surface area (Å²) in [5.41, 5.74) is 2.75. The third kappa shape index (κ3) is 4.57. The van der Waals surface area contributed by atoms with E-state index in [9.17, 15) is 14.0 Å². The maximum Gasteiger partial charge on any atom is 0.257 e. The molecule has 1 fully saturated rings. The molecule has 1 aliphatic carbocycles. The van der Waals surface area contributed by atoms with Crippen molar-refractivity contribution in [2.75, 3.05) is 6.61 Å². The van der Waals surface area contributed by atoms with E-state index >= 15 is 0 Å².